The highest BCUT2D eigenvalue weighted by atomic mass is 32.2. The molecule has 0 aliphatic rings. The van der Waals surface area contributed by atoms with Crippen LogP contribution in [0.15, 0.2) is 29.2 Å². The maximum atomic E-state index is 11.8. The Hall–Kier alpha value is -2.35. The Morgan fingerprint density at radius 2 is 1.48 bits per heavy atom. The van der Waals surface area contributed by atoms with Gasteiger partial charge in [0, 0.05) is 17.7 Å². The van der Waals surface area contributed by atoms with E-state index < -0.39 is 18.0 Å². The minimum absolute atomic E-state index is 0.121. The molecule has 1 aromatic rings. The Labute approximate surface area is 188 Å². The summed E-state index contributed by atoms with van der Waals surface area (Å²) in [5, 5.41) is 20.4. The number of hydrogen-bond donors (Lipinski definition) is 3. The first-order valence-electron chi connectivity index (χ1n) is 10.9. The minimum atomic E-state index is -1.11. The monoisotopic (exact) mass is 451 g/mol. The fourth-order valence-electron chi connectivity index (χ4n) is 3.09. The van der Waals surface area contributed by atoms with Gasteiger partial charge in [0.1, 0.15) is 12.3 Å². The first kappa shape index (κ1) is 26.7. The van der Waals surface area contributed by atoms with Crippen molar-refractivity contribution < 1.29 is 29.4 Å². The summed E-state index contributed by atoms with van der Waals surface area (Å²) in [4.78, 5) is 45.1. The van der Waals surface area contributed by atoms with Crippen LogP contribution in [-0.2, 0) is 14.4 Å². The third-order valence-corrected chi connectivity index (χ3v) is 5.97. The second-order valence-electron chi connectivity index (χ2n) is 7.46. The topological polar surface area (TPSA) is 121 Å². The van der Waals surface area contributed by atoms with Crippen molar-refractivity contribution >= 4 is 35.9 Å². The molecule has 1 amide bonds. The number of aliphatic carboxylic acids is 1. The summed E-state index contributed by atoms with van der Waals surface area (Å²) in [5.74, 6) is -1.26. The summed E-state index contributed by atoms with van der Waals surface area (Å²) in [5.41, 5.74) is 0.309. The van der Waals surface area contributed by atoms with Crippen molar-refractivity contribution in [2.45, 2.75) is 81.6 Å². The first-order valence-corrected chi connectivity index (χ1v) is 11.8. The molecule has 0 aliphatic heterocycles. The lowest BCUT2D eigenvalue weighted by Gasteiger charge is -2.13. The van der Waals surface area contributed by atoms with E-state index in [0.717, 1.165) is 49.2 Å². The van der Waals surface area contributed by atoms with Gasteiger partial charge in [0.15, 0.2) is 0 Å². The molecule has 0 unspecified atom stereocenters. The van der Waals surface area contributed by atoms with E-state index in [1.807, 2.05) is 12.1 Å². The van der Waals surface area contributed by atoms with Gasteiger partial charge in [0.05, 0.1) is 5.56 Å². The van der Waals surface area contributed by atoms with Crippen LogP contribution in [0, 0.1) is 0 Å². The van der Waals surface area contributed by atoms with Crippen molar-refractivity contribution in [2.24, 2.45) is 0 Å². The van der Waals surface area contributed by atoms with Gasteiger partial charge in [-0.3, -0.25) is 4.79 Å². The zero-order chi connectivity index (χ0) is 22.9. The summed E-state index contributed by atoms with van der Waals surface area (Å²) in [6, 6.07) is 5.97. The normalized spacial score (nSPS) is 11.6. The van der Waals surface area contributed by atoms with Crippen LogP contribution in [0.1, 0.15) is 81.0 Å². The van der Waals surface area contributed by atoms with E-state index in [1.54, 1.807) is 23.9 Å². The molecule has 1 aromatic carbocycles. The molecule has 8 heteroatoms. The summed E-state index contributed by atoms with van der Waals surface area (Å²) in [7, 11) is 0. The van der Waals surface area contributed by atoms with Gasteiger partial charge < -0.3 is 20.3 Å². The van der Waals surface area contributed by atoms with Gasteiger partial charge in [-0.25, -0.2) is 9.59 Å². The molecule has 31 heavy (non-hydrogen) atoms. The first-order chi connectivity index (χ1) is 14.9. The summed E-state index contributed by atoms with van der Waals surface area (Å²) in [6.07, 6.45) is 9.72. The van der Waals surface area contributed by atoms with Gasteiger partial charge in [0.25, 0.3) is 0 Å². The Kier molecular flexibility index (Phi) is 14.1. The molecular weight excluding hydrogens is 418 g/mol. The molecule has 1 rings (SSSR count). The number of unbranched alkanes of at least 4 members (excludes halogenated alkanes) is 7. The molecule has 1 atom stereocenters. The molecule has 0 radical (unpaired) electrons. The zero-order valence-corrected chi connectivity index (χ0v) is 18.7. The second-order valence-corrected chi connectivity index (χ2v) is 8.63. The summed E-state index contributed by atoms with van der Waals surface area (Å²) in [6.45, 7) is 0. The van der Waals surface area contributed by atoms with Gasteiger partial charge in [-0.15, -0.1) is 11.8 Å². The quantitative estimate of drug-likeness (QED) is 0.170. The third-order valence-electron chi connectivity index (χ3n) is 4.87. The van der Waals surface area contributed by atoms with E-state index in [1.165, 1.54) is 12.8 Å². The average molecular weight is 452 g/mol. The van der Waals surface area contributed by atoms with Crippen molar-refractivity contribution in [3.63, 3.8) is 0 Å². The highest BCUT2D eigenvalue weighted by Crippen LogP contribution is 2.20. The van der Waals surface area contributed by atoms with E-state index in [4.69, 9.17) is 10.2 Å². The van der Waals surface area contributed by atoms with Crippen LogP contribution in [0.4, 0.5) is 0 Å². The van der Waals surface area contributed by atoms with Crippen LogP contribution >= 0.6 is 11.8 Å². The Bertz CT molecular complexity index is 692. The number of carboxylic acid groups (broad SMARTS) is 2. The van der Waals surface area contributed by atoms with Crippen LogP contribution in [0.25, 0.3) is 0 Å². The fraction of sp³-hybridized carbons (Fsp3) is 0.565. The van der Waals surface area contributed by atoms with Crippen LogP contribution in [-0.4, -0.2) is 46.1 Å². The minimum Gasteiger partial charge on any atom is -0.480 e. The predicted octanol–water partition coefficient (Wildman–Crippen LogP) is 4.54. The van der Waals surface area contributed by atoms with Crippen molar-refractivity contribution in [2.75, 3.05) is 5.75 Å². The van der Waals surface area contributed by atoms with Gasteiger partial charge in [-0.1, -0.05) is 38.5 Å². The van der Waals surface area contributed by atoms with Crippen molar-refractivity contribution in [1.82, 2.24) is 5.32 Å². The molecule has 7 nitrogen and oxygen atoms in total. The number of rotatable bonds is 18. The Morgan fingerprint density at radius 1 is 0.903 bits per heavy atom. The summed E-state index contributed by atoms with van der Waals surface area (Å²) < 4.78 is 0. The van der Waals surface area contributed by atoms with E-state index in [2.05, 4.69) is 5.32 Å². The molecule has 0 saturated carbocycles. The van der Waals surface area contributed by atoms with Crippen LogP contribution in [0.3, 0.4) is 0 Å². The number of aldehydes is 1. The number of hydrogen-bond acceptors (Lipinski definition) is 5. The van der Waals surface area contributed by atoms with E-state index in [0.29, 0.717) is 18.3 Å². The van der Waals surface area contributed by atoms with Crippen molar-refractivity contribution in [3.8, 4) is 0 Å². The molecule has 0 bridgehead atoms. The predicted molar refractivity (Wildman–Crippen MR) is 121 cm³/mol. The zero-order valence-electron chi connectivity index (χ0n) is 17.9. The van der Waals surface area contributed by atoms with Gasteiger partial charge >= 0.3 is 11.9 Å². The molecule has 3 N–H and O–H groups in total. The molecule has 0 spiro atoms. The number of carboxylic acids is 2. The van der Waals surface area contributed by atoms with Crippen LogP contribution in [0.5, 0.6) is 0 Å². The molecule has 0 saturated heterocycles. The van der Waals surface area contributed by atoms with Crippen LogP contribution in [0.2, 0.25) is 0 Å². The number of amides is 1. The number of carbonyl (C=O) groups excluding carboxylic acids is 2. The lowest BCUT2D eigenvalue weighted by Crippen LogP contribution is -2.40. The molecular formula is C23H33NO6S. The SMILES string of the molecule is O=CCC[C@H](NC(=O)CCCCCCCCCCSc1ccc(C(=O)O)cc1)C(=O)O. The Balaban J connectivity index is 1.97. The molecule has 0 fully saturated rings. The number of thioether (sulfide) groups is 1. The number of aromatic carboxylic acids is 1. The van der Waals surface area contributed by atoms with Crippen molar-refractivity contribution in [1.29, 1.82) is 0 Å². The highest BCUT2D eigenvalue weighted by molar-refractivity contribution is 7.99. The highest BCUT2D eigenvalue weighted by Gasteiger charge is 2.18. The second kappa shape index (κ2) is 16.4. The largest absolute Gasteiger partial charge is 0.480 e. The molecule has 172 valence electrons. The van der Waals surface area contributed by atoms with Gasteiger partial charge in [0.2, 0.25) is 5.91 Å². The lowest BCUT2D eigenvalue weighted by atomic mass is 10.1. The third kappa shape index (κ3) is 12.8. The number of benzene rings is 1. The van der Waals surface area contributed by atoms with E-state index in [9.17, 15) is 19.2 Å². The summed E-state index contributed by atoms with van der Waals surface area (Å²) >= 11 is 1.74. The smallest absolute Gasteiger partial charge is 0.335 e. The number of carbonyl (C=O) groups is 4. The Morgan fingerprint density at radius 3 is 2.03 bits per heavy atom. The maximum absolute atomic E-state index is 11.8. The van der Waals surface area contributed by atoms with Gasteiger partial charge in [-0.2, -0.15) is 0 Å². The number of nitrogens with one attached hydrogen (secondary N) is 1. The lowest BCUT2D eigenvalue weighted by molar-refractivity contribution is -0.142. The fourth-order valence-corrected chi connectivity index (χ4v) is 4.00. The molecule has 0 heterocycles. The average Bonchev–Trinajstić information content (AvgIpc) is 2.75. The van der Waals surface area contributed by atoms with Gasteiger partial charge in [-0.05, 0) is 49.3 Å². The molecule has 0 aliphatic carbocycles. The van der Waals surface area contributed by atoms with Crippen molar-refractivity contribution in [3.05, 3.63) is 29.8 Å². The van der Waals surface area contributed by atoms with Crippen LogP contribution < -0.4 is 5.32 Å². The standard InChI is InChI=1S/C23H33NO6S/c25-16-9-10-20(23(29)30)24-21(26)11-7-5-3-1-2-4-6-8-17-31-19-14-12-18(13-15-19)22(27)28/h12-16,20H,1-11,17H2,(H,24,26)(H,27,28)(H,29,30)/t20-/m0/s1. The molecule has 0 aromatic heterocycles. The van der Waals surface area contributed by atoms with E-state index >= 15 is 0 Å². The maximum Gasteiger partial charge on any atom is 0.335 e. The van der Waals surface area contributed by atoms with E-state index in [-0.39, 0.29) is 18.7 Å².